The fraction of sp³-hybridized carbons (Fsp3) is 0.667. The van der Waals surface area contributed by atoms with E-state index >= 15 is 0 Å². The molecule has 3 heteroatoms. The first-order valence-electron chi connectivity index (χ1n) is 5.76. The molecule has 0 aromatic carbocycles. The van der Waals surface area contributed by atoms with Crippen LogP contribution < -0.4 is 5.32 Å². The first kappa shape index (κ1) is 10.7. The van der Waals surface area contributed by atoms with E-state index in [1.54, 1.807) is 6.26 Å². The predicted molar refractivity (Wildman–Crippen MR) is 58.5 cm³/mol. The van der Waals surface area contributed by atoms with Crippen LogP contribution in [0.3, 0.4) is 0 Å². The van der Waals surface area contributed by atoms with E-state index in [4.69, 9.17) is 9.15 Å². The smallest absolute Gasteiger partial charge is 0.133 e. The maximum Gasteiger partial charge on any atom is 0.133 e. The first-order valence-corrected chi connectivity index (χ1v) is 5.76. The van der Waals surface area contributed by atoms with Crippen molar-refractivity contribution in [3.05, 3.63) is 23.7 Å². The first-order chi connectivity index (χ1) is 7.40. The summed E-state index contributed by atoms with van der Waals surface area (Å²) in [6, 6.07) is 2.77. The Labute approximate surface area is 90.8 Å². The zero-order valence-electron chi connectivity index (χ0n) is 9.29. The summed E-state index contributed by atoms with van der Waals surface area (Å²) in [6.07, 6.45) is 5.43. The lowest BCUT2D eigenvalue weighted by atomic mass is 10.2. The van der Waals surface area contributed by atoms with Crippen LogP contribution in [0.25, 0.3) is 0 Å². The third-order valence-electron chi connectivity index (χ3n) is 2.58. The minimum atomic E-state index is 0.600. The van der Waals surface area contributed by atoms with Crippen LogP contribution >= 0.6 is 0 Å². The SMILES string of the molecule is CCCOCc1occc1CNC1CC1. The fourth-order valence-electron chi connectivity index (χ4n) is 1.50. The Morgan fingerprint density at radius 3 is 3.13 bits per heavy atom. The van der Waals surface area contributed by atoms with Gasteiger partial charge in [0.2, 0.25) is 0 Å². The summed E-state index contributed by atoms with van der Waals surface area (Å²) in [4.78, 5) is 0. The van der Waals surface area contributed by atoms with Gasteiger partial charge in [0.15, 0.2) is 0 Å². The van der Waals surface area contributed by atoms with Crippen LogP contribution in [-0.2, 0) is 17.9 Å². The van der Waals surface area contributed by atoms with Crippen molar-refractivity contribution in [3.63, 3.8) is 0 Å². The second-order valence-electron chi connectivity index (χ2n) is 4.08. The van der Waals surface area contributed by atoms with Gasteiger partial charge >= 0.3 is 0 Å². The molecule has 0 radical (unpaired) electrons. The minimum absolute atomic E-state index is 0.600. The quantitative estimate of drug-likeness (QED) is 0.700. The Morgan fingerprint density at radius 2 is 2.40 bits per heavy atom. The zero-order chi connectivity index (χ0) is 10.5. The van der Waals surface area contributed by atoms with Crippen LogP contribution in [0, 0.1) is 0 Å². The van der Waals surface area contributed by atoms with Crippen LogP contribution in [0.4, 0.5) is 0 Å². The second kappa shape index (κ2) is 5.33. The van der Waals surface area contributed by atoms with Crippen LogP contribution in [0.15, 0.2) is 16.7 Å². The van der Waals surface area contributed by atoms with E-state index in [-0.39, 0.29) is 0 Å². The Hall–Kier alpha value is -0.800. The number of hydrogen-bond donors (Lipinski definition) is 1. The van der Waals surface area contributed by atoms with E-state index in [1.165, 1.54) is 18.4 Å². The molecule has 1 aromatic rings. The van der Waals surface area contributed by atoms with Gasteiger partial charge in [-0.05, 0) is 25.3 Å². The standard InChI is InChI=1S/C12H19NO2/c1-2-6-14-9-12-10(5-7-15-12)8-13-11-3-4-11/h5,7,11,13H,2-4,6,8-9H2,1H3. The summed E-state index contributed by atoms with van der Waals surface area (Å²) in [7, 11) is 0. The topological polar surface area (TPSA) is 34.4 Å². The molecule has 0 saturated heterocycles. The molecule has 1 heterocycles. The van der Waals surface area contributed by atoms with Crippen molar-refractivity contribution in [1.29, 1.82) is 0 Å². The molecule has 1 aromatic heterocycles. The molecular weight excluding hydrogens is 190 g/mol. The van der Waals surface area contributed by atoms with Gasteiger partial charge in [-0.15, -0.1) is 0 Å². The van der Waals surface area contributed by atoms with Crippen molar-refractivity contribution in [1.82, 2.24) is 5.32 Å². The molecule has 0 atom stereocenters. The molecule has 0 spiro atoms. The molecule has 1 N–H and O–H groups in total. The molecule has 3 nitrogen and oxygen atoms in total. The van der Waals surface area contributed by atoms with Crippen LogP contribution in [-0.4, -0.2) is 12.6 Å². The number of nitrogens with one attached hydrogen (secondary N) is 1. The van der Waals surface area contributed by atoms with Gasteiger partial charge in [0.05, 0.1) is 6.26 Å². The molecule has 0 aliphatic heterocycles. The van der Waals surface area contributed by atoms with Crippen molar-refractivity contribution in [2.45, 2.75) is 45.4 Å². The van der Waals surface area contributed by atoms with E-state index in [1.807, 2.05) is 6.07 Å². The van der Waals surface area contributed by atoms with Crippen molar-refractivity contribution in [3.8, 4) is 0 Å². The molecule has 1 aliphatic rings. The van der Waals surface area contributed by atoms with Gasteiger partial charge in [0.1, 0.15) is 12.4 Å². The van der Waals surface area contributed by atoms with E-state index in [2.05, 4.69) is 12.2 Å². The largest absolute Gasteiger partial charge is 0.467 e. The van der Waals surface area contributed by atoms with Gasteiger partial charge in [-0.25, -0.2) is 0 Å². The van der Waals surface area contributed by atoms with E-state index in [9.17, 15) is 0 Å². The number of hydrogen-bond acceptors (Lipinski definition) is 3. The van der Waals surface area contributed by atoms with Crippen molar-refractivity contribution in [2.24, 2.45) is 0 Å². The fourth-order valence-corrected chi connectivity index (χ4v) is 1.50. The highest BCUT2D eigenvalue weighted by Crippen LogP contribution is 2.20. The molecular formula is C12H19NO2. The molecule has 0 unspecified atom stereocenters. The highest BCUT2D eigenvalue weighted by molar-refractivity contribution is 5.16. The van der Waals surface area contributed by atoms with E-state index in [0.29, 0.717) is 6.61 Å². The lowest BCUT2D eigenvalue weighted by Gasteiger charge is -2.04. The van der Waals surface area contributed by atoms with Crippen LogP contribution in [0.2, 0.25) is 0 Å². The molecule has 1 fully saturated rings. The summed E-state index contributed by atoms with van der Waals surface area (Å²) in [5.41, 5.74) is 1.23. The highest BCUT2D eigenvalue weighted by atomic mass is 16.5. The molecule has 0 amide bonds. The molecule has 1 aliphatic carbocycles. The zero-order valence-corrected chi connectivity index (χ0v) is 9.29. The van der Waals surface area contributed by atoms with E-state index in [0.717, 1.165) is 31.4 Å². The van der Waals surface area contributed by atoms with Gasteiger partial charge in [-0.1, -0.05) is 6.92 Å². The van der Waals surface area contributed by atoms with Crippen molar-refractivity contribution < 1.29 is 9.15 Å². The highest BCUT2D eigenvalue weighted by Gasteiger charge is 2.20. The van der Waals surface area contributed by atoms with Crippen molar-refractivity contribution in [2.75, 3.05) is 6.61 Å². The lowest BCUT2D eigenvalue weighted by Crippen LogP contribution is -2.15. The molecule has 1 saturated carbocycles. The number of rotatable bonds is 7. The van der Waals surface area contributed by atoms with Gasteiger partial charge in [-0.3, -0.25) is 0 Å². The third-order valence-corrected chi connectivity index (χ3v) is 2.58. The number of ether oxygens (including phenoxy) is 1. The molecule has 0 bridgehead atoms. The maximum absolute atomic E-state index is 5.47. The Balaban J connectivity index is 1.78. The van der Waals surface area contributed by atoms with E-state index < -0.39 is 0 Å². The maximum atomic E-state index is 5.47. The minimum Gasteiger partial charge on any atom is -0.467 e. The Bertz CT molecular complexity index is 292. The summed E-state index contributed by atoms with van der Waals surface area (Å²) in [6.45, 7) is 4.42. The Kier molecular flexibility index (Phi) is 3.80. The van der Waals surface area contributed by atoms with Gasteiger partial charge in [-0.2, -0.15) is 0 Å². The summed E-state index contributed by atoms with van der Waals surface area (Å²) in [5, 5.41) is 3.47. The lowest BCUT2D eigenvalue weighted by molar-refractivity contribution is 0.106. The summed E-state index contributed by atoms with van der Waals surface area (Å²) >= 11 is 0. The Morgan fingerprint density at radius 1 is 1.53 bits per heavy atom. The van der Waals surface area contributed by atoms with Crippen molar-refractivity contribution >= 4 is 0 Å². The number of furan rings is 1. The molecule has 15 heavy (non-hydrogen) atoms. The molecule has 84 valence electrons. The summed E-state index contributed by atoms with van der Waals surface area (Å²) in [5.74, 6) is 0.969. The molecule has 2 rings (SSSR count). The second-order valence-corrected chi connectivity index (χ2v) is 4.08. The monoisotopic (exact) mass is 209 g/mol. The third kappa shape index (κ3) is 3.36. The average molecular weight is 209 g/mol. The van der Waals surface area contributed by atoms with Gasteiger partial charge in [0, 0.05) is 24.8 Å². The van der Waals surface area contributed by atoms with Gasteiger partial charge < -0.3 is 14.5 Å². The van der Waals surface area contributed by atoms with Gasteiger partial charge in [0.25, 0.3) is 0 Å². The predicted octanol–water partition coefficient (Wildman–Crippen LogP) is 2.46. The normalized spacial score (nSPS) is 15.8. The van der Waals surface area contributed by atoms with Crippen LogP contribution in [0.5, 0.6) is 0 Å². The summed E-state index contributed by atoms with van der Waals surface area (Å²) < 4.78 is 10.9. The average Bonchev–Trinajstić information content (AvgIpc) is 2.97. The van der Waals surface area contributed by atoms with Crippen LogP contribution in [0.1, 0.15) is 37.5 Å².